The fourth-order valence-electron chi connectivity index (χ4n) is 2.07. The zero-order chi connectivity index (χ0) is 17.5. The summed E-state index contributed by atoms with van der Waals surface area (Å²) in [4.78, 5) is 1.72. The van der Waals surface area contributed by atoms with Gasteiger partial charge in [0.15, 0.2) is 0 Å². The summed E-state index contributed by atoms with van der Waals surface area (Å²) in [5.41, 5.74) is 0.630. The summed E-state index contributed by atoms with van der Waals surface area (Å²) in [6, 6.07) is 8.97. The third kappa shape index (κ3) is 4.94. The predicted molar refractivity (Wildman–Crippen MR) is 87.6 cm³/mol. The lowest BCUT2D eigenvalue weighted by Crippen LogP contribution is -2.35. The number of ether oxygens (including phenoxy) is 1. The van der Waals surface area contributed by atoms with Gasteiger partial charge in [-0.1, -0.05) is 12.1 Å². The van der Waals surface area contributed by atoms with Crippen LogP contribution in [0.3, 0.4) is 0 Å². The summed E-state index contributed by atoms with van der Waals surface area (Å²) in [5, 5.41) is 9.56. The molecule has 126 valence electrons. The molecule has 1 rings (SSSR count). The second-order valence-corrected chi connectivity index (χ2v) is 5.92. The zero-order valence-corrected chi connectivity index (χ0v) is 14.5. The first-order valence-electron chi connectivity index (χ1n) is 7.11. The van der Waals surface area contributed by atoms with Crippen molar-refractivity contribution in [2.24, 2.45) is 4.40 Å². The topological polar surface area (TPSA) is 92.0 Å². The van der Waals surface area contributed by atoms with Crippen LogP contribution in [0.4, 0.5) is 0 Å². The van der Waals surface area contributed by atoms with Gasteiger partial charge in [0, 0.05) is 13.1 Å². The number of likely N-dealkylation sites (N-methyl/N-ethyl adjacent to an activating group) is 1. The molecular weight excluding hydrogens is 318 g/mol. The molecule has 0 aliphatic rings. The number of nitriles is 1. The van der Waals surface area contributed by atoms with E-state index in [0.717, 1.165) is 7.11 Å². The Bertz CT molecular complexity index is 674. The molecule has 8 heteroatoms. The van der Waals surface area contributed by atoms with Crippen LogP contribution in [-0.2, 0) is 14.5 Å². The van der Waals surface area contributed by atoms with Gasteiger partial charge in [-0.3, -0.25) is 4.18 Å². The molecular formula is C15H21N3O4S. The average molecular weight is 339 g/mol. The van der Waals surface area contributed by atoms with Crippen molar-refractivity contribution in [2.75, 3.05) is 27.3 Å². The van der Waals surface area contributed by atoms with Crippen LogP contribution in [0.25, 0.3) is 0 Å². The van der Waals surface area contributed by atoms with E-state index in [1.54, 1.807) is 36.3 Å². The summed E-state index contributed by atoms with van der Waals surface area (Å²) in [6.45, 7) is 4.76. The van der Waals surface area contributed by atoms with Crippen molar-refractivity contribution in [3.05, 3.63) is 29.8 Å². The van der Waals surface area contributed by atoms with E-state index in [4.69, 9.17) is 4.74 Å². The third-order valence-electron chi connectivity index (χ3n) is 3.34. The molecule has 0 saturated heterocycles. The molecule has 0 aromatic heterocycles. The highest BCUT2D eigenvalue weighted by atomic mass is 32.2. The van der Waals surface area contributed by atoms with E-state index in [1.807, 2.05) is 13.8 Å². The van der Waals surface area contributed by atoms with E-state index >= 15 is 0 Å². The number of hydrogen-bond acceptors (Lipinski definition) is 5. The molecule has 0 heterocycles. The van der Waals surface area contributed by atoms with E-state index in [-0.39, 0.29) is 5.84 Å². The molecule has 0 aliphatic heterocycles. The molecule has 1 aromatic carbocycles. The highest BCUT2D eigenvalue weighted by molar-refractivity contribution is 7.85. The summed E-state index contributed by atoms with van der Waals surface area (Å²) >= 11 is 0. The second kappa shape index (κ2) is 8.50. The number of amidine groups is 1. The Morgan fingerprint density at radius 3 is 2.22 bits per heavy atom. The van der Waals surface area contributed by atoms with Crippen LogP contribution in [0.2, 0.25) is 0 Å². The number of rotatable bonds is 7. The van der Waals surface area contributed by atoms with Gasteiger partial charge in [-0.15, -0.1) is 4.40 Å². The number of hydrogen-bond donors (Lipinski definition) is 0. The van der Waals surface area contributed by atoms with E-state index in [9.17, 15) is 13.7 Å². The van der Waals surface area contributed by atoms with Gasteiger partial charge in [0.1, 0.15) is 17.5 Å². The van der Waals surface area contributed by atoms with Crippen LogP contribution in [0, 0.1) is 11.3 Å². The lowest BCUT2D eigenvalue weighted by Gasteiger charge is -2.25. The van der Waals surface area contributed by atoms with Crippen molar-refractivity contribution < 1.29 is 17.3 Å². The molecule has 7 nitrogen and oxygen atoms in total. The van der Waals surface area contributed by atoms with Crippen molar-refractivity contribution in [3.8, 4) is 11.8 Å². The fourth-order valence-corrected chi connectivity index (χ4v) is 2.59. The highest BCUT2D eigenvalue weighted by Gasteiger charge is 2.25. The summed E-state index contributed by atoms with van der Waals surface area (Å²) in [7, 11) is -1.51. The molecule has 0 amide bonds. The number of methoxy groups -OCH3 is 1. The molecule has 0 bridgehead atoms. The minimum absolute atomic E-state index is 0.143. The quantitative estimate of drug-likeness (QED) is 0.557. The lowest BCUT2D eigenvalue weighted by molar-refractivity contribution is 0.396. The molecule has 1 atom stereocenters. The van der Waals surface area contributed by atoms with Crippen molar-refractivity contribution >= 4 is 16.1 Å². The first kappa shape index (κ1) is 18.9. The van der Waals surface area contributed by atoms with E-state index in [0.29, 0.717) is 24.4 Å². The van der Waals surface area contributed by atoms with Crippen molar-refractivity contribution in [3.63, 3.8) is 0 Å². The van der Waals surface area contributed by atoms with Crippen molar-refractivity contribution in [1.82, 2.24) is 4.90 Å². The molecule has 0 spiro atoms. The van der Waals surface area contributed by atoms with Crippen LogP contribution in [0.15, 0.2) is 28.7 Å². The molecule has 1 unspecified atom stereocenters. The molecule has 0 radical (unpaired) electrons. The summed E-state index contributed by atoms with van der Waals surface area (Å²) < 4.78 is 36.7. The normalized spacial score (nSPS) is 13.3. The zero-order valence-electron chi connectivity index (χ0n) is 13.7. The Morgan fingerprint density at radius 2 is 1.83 bits per heavy atom. The molecule has 0 saturated carbocycles. The SMILES string of the molecule is CCN(CC)/C(=N\S(=O)(=O)OC)C(C#N)c1ccc(OC)cc1. The van der Waals surface area contributed by atoms with Gasteiger partial charge in [0.05, 0.1) is 20.3 Å². The largest absolute Gasteiger partial charge is 0.497 e. The second-order valence-electron chi connectivity index (χ2n) is 4.55. The Labute approximate surface area is 137 Å². The van der Waals surface area contributed by atoms with E-state index < -0.39 is 16.2 Å². The molecule has 0 fully saturated rings. The average Bonchev–Trinajstić information content (AvgIpc) is 2.57. The highest BCUT2D eigenvalue weighted by Crippen LogP contribution is 2.23. The van der Waals surface area contributed by atoms with Gasteiger partial charge >= 0.3 is 10.3 Å². The standard InChI is InChI=1S/C15H21N3O4S/c1-5-18(6-2)15(17-23(19,20)22-4)14(11-16)12-7-9-13(21-3)10-8-12/h7-10,14H,5-6H2,1-4H3/b17-15-. The van der Waals surface area contributed by atoms with Gasteiger partial charge < -0.3 is 9.64 Å². The maximum absolute atomic E-state index is 11.7. The smallest absolute Gasteiger partial charge is 0.382 e. The Kier molecular flexibility index (Phi) is 7.00. The molecule has 1 aromatic rings. The minimum atomic E-state index is -4.09. The van der Waals surface area contributed by atoms with Crippen LogP contribution in [0.5, 0.6) is 5.75 Å². The van der Waals surface area contributed by atoms with Crippen LogP contribution in [-0.4, -0.2) is 46.5 Å². The monoisotopic (exact) mass is 339 g/mol. The maximum Gasteiger partial charge on any atom is 0.382 e. The Balaban J connectivity index is 3.39. The first-order valence-corrected chi connectivity index (χ1v) is 8.47. The van der Waals surface area contributed by atoms with E-state index in [1.165, 1.54) is 0 Å². The number of nitrogens with zero attached hydrogens (tertiary/aromatic N) is 3. The summed E-state index contributed by atoms with van der Waals surface area (Å²) in [5.74, 6) is -0.0356. The molecule has 0 N–H and O–H groups in total. The first-order chi connectivity index (χ1) is 10.9. The van der Waals surface area contributed by atoms with Crippen molar-refractivity contribution in [1.29, 1.82) is 5.26 Å². The molecule has 0 aliphatic carbocycles. The third-order valence-corrected chi connectivity index (χ3v) is 4.17. The van der Waals surface area contributed by atoms with Crippen LogP contribution < -0.4 is 4.74 Å². The number of benzene rings is 1. The lowest BCUT2D eigenvalue weighted by atomic mass is 9.98. The van der Waals surface area contributed by atoms with Gasteiger partial charge in [0.25, 0.3) is 0 Å². The van der Waals surface area contributed by atoms with Gasteiger partial charge in [-0.05, 0) is 31.5 Å². The van der Waals surface area contributed by atoms with Gasteiger partial charge in [-0.2, -0.15) is 13.7 Å². The van der Waals surface area contributed by atoms with E-state index in [2.05, 4.69) is 14.7 Å². The summed E-state index contributed by atoms with van der Waals surface area (Å²) in [6.07, 6.45) is 0. The van der Waals surface area contributed by atoms with Crippen molar-refractivity contribution in [2.45, 2.75) is 19.8 Å². The van der Waals surface area contributed by atoms with Gasteiger partial charge in [0.2, 0.25) is 0 Å². The van der Waals surface area contributed by atoms with Gasteiger partial charge in [-0.25, -0.2) is 0 Å². The predicted octanol–water partition coefficient (Wildman–Crippen LogP) is 1.93. The Hall–Kier alpha value is -2.11. The fraction of sp³-hybridized carbons (Fsp3) is 0.467. The Morgan fingerprint density at radius 1 is 1.26 bits per heavy atom. The maximum atomic E-state index is 11.7. The minimum Gasteiger partial charge on any atom is -0.497 e. The molecule has 23 heavy (non-hydrogen) atoms. The van der Waals surface area contributed by atoms with Crippen LogP contribution in [0.1, 0.15) is 25.3 Å². The van der Waals surface area contributed by atoms with Crippen LogP contribution >= 0.6 is 0 Å².